The highest BCUT2D eigenvalue weighted by atomic mass is 127. The molecule has 214 valence electrons. The predicted octanol–water partition coefficient (Wildman–Crippen LogP) is 5.92. The van der Waals surface area contributed by atoms with Crippen molar-refractivity contribution >= 4 is 73.3 Å². The monoisotopic (exact) mass is 715 g/mol. The molecule has 0 aliphatic rings. The van der Waals surface area contributed by atoms with Crippen molar-refractivity contribution in [1.82, 2.24) is 10.2 Å². The molecule has 3 aromatic rings. The number of nitrogens with zero attached hydrogens (tertiary/aromatic N) is 2. The van der Waals surface area contributed by atoms with Crippen LogP contribution >= 0.6 is 45.8 Å². The first-order valence-corrected chi connectivity index (χ1v) is 16.4. The van der Waals surface area contributed by atoms with Gasteiger partial charge in [0.25, 0.3) is 0 Å². The molecule has 11 heteroatoms. The Bertz CT molecular complexity index is 1420. The van der Waals surface area contributed by atoms with Crippen LogP contribution in [0.3, 0.4) is 0 Å². The zero-order valence-corrected chi connectivity index (χ0v) is 27.0. The van der Waals surface area contributed by atoms with E-state index in [0.29, 0.717) is 27.7 Å². The van der Waals surface area contributed by atoms with Gasteiger partial charge in [-0.3, -0.25) is 13.9 Å². The van der Waals surface area contributed by atoms with Crippen LogP contribution in [0.5, 0.6) is 0 Å². The van der Waals surface area contributed by atoms with Gasteiger partial charge in [0.1, 0.15) is 12.6 Å². The standard InChI is InChI=1S/C29H32Cl2IN3O4S/c1-4-20(2)33-29(37)27(17-21-8-6-5-7-9-21)34(18-22-10-15-25(30)26(31)16-22)28(36)19-35(40(3,38)39)24-13-11-23(32)12-14-24/h5-16,20,27H,4,17-19H2,1-3H3,(H,33,37). The molecule has 0 aliphatic heterocycles. The number of anilines is 1. The number of rotatable bonds is 12. The summed E-state index contributed by atoms with van der Waals surface area (Å²) in [5, 5.41) is 3.67. The molecule has 2 unspecified atom stereocenters. The maximum atomic E-state index is 14.1. The Morgan fingerprint density at radius 3 is 2.17 bits per heavy atom. The summed E-state index contributed by atoms with van der Waals surface area (Å²) >= 11 is 14.5. The molecule has 40 heavy (non-hydrogen) atoms. The van der Waals surface area contributed by atoms with Crippen molar-refractivity contribution in [2.75, 3.05) is 17.1 Å². The van der Waals surface area contributed by atoms with Crippen LogP contribution in [0, 0.1) is 3.57 Å². The number of nitrogens with one attached hydrogen (secondary N) is 1. The van der Waals surface area contributed by atoms with Crippen molar-refractivity contribution in [3.63, 3.8) is 0 Å². The molecule has 0 bridgehead atoms. The van der Waals surface area contributed by atoms with E-state index in [4.69, 9.17) is 23.2 Å². The minimum atomic E-state index is -3.83. The predicted molar refractivity (Wildman–Crippen MR) is 170 cm³/mol. The van der Waals surface area contributed by atoms with Crippen LogP contribution in [0.2, 0.25) is 10.0 Å². The van der Waals surface area contributed by atoms with Crippen LogP contribution < -0.4 is 9.62 Å². The van der Waals surface area contributed by atoms with Crippen LogP contribution in [0.25, 0.3) is 0 Å². The van der Waals surface area contributed by atoms with Crippen LogP contribution in [-0.2, 0) is 32.6 Å². The van der Waals surface area contributed by atoms with Crippen LogP contribution in [0.4, 0.5) is 5.69 Å². The molecule has 0 spiro atoms. The fourth-order valence-electron chi connectivity index (χ4n) is 4.05. The van der Waals surface area contributed by atoms with Crippen LogP contribution in [-0.4, -0.2) is 50.0 Å². The highest BCUT2D eigenvalue weighted by Crippen LogP contribution is 2.25. The van der Waals surface area contributed by atoms with Crippen molar-refractivity contribution in [2.45, 2.75) is 45.3 Å². The quantitative estimate of drug-likeness (QED) is 0.236. The molecule has 7 nitrogen and oxygen atoms in total. The topological polar surface area (TPSA) is 86.8 Å². The Balaban J connectivity index is 2.07. The molecule has 2 atom stereocenters. The maximum absolute atomic E-state index is 14.1. The second-order valence-corrected chi connectivity index (χ2v) is 13.5. The number of sulfonamides is 1. The first-order chi connectivity index (χ1) is 18.9. The molecule has 3 rings (SSSR count). The number of carbonyl (C=O) groups is 2. The van der Waals surface area contributed by atoms with Crippen molar-refractivity contribution in [3.05, 3.63) is 97.5 Å². The van der Waals surface area contributed by atoms with Gasteiger partial charge in [0.2, 0.25) is 21.8 Å². The van der Waals surface area contributed by atoms with Crippen LogP contribution in [0.15, 0.2) is 72.8 Å². The second kappa shape index (κ2) is 14.5. The summed E-state index contributed by atoms with van der Waals surface area (Å²) in [4.78, 5) is 29.2. The third-order valence-electron chi connectivity index (χ3n) is 6.40. The first kappa shape index (κ1) is 32.2. The molecular weight excluding hydrogens is 684 g/mol. The van der Waals surface area contributed by atoms with E-state index in [1.807, 2.05) is 44.2 Å². The van der Waals surface area contributed by atoms with Gasteiger partial charge >= 0.3 is 0 Å². The fourth-order valence-corrected chi connectivity index (χ4v) is 5.58. The smallest absolute Gasteiger partial charge is 0.244 e. The van der Waals surface area contributed by atoms with Crippen LogP contribution in [0.1, 0.15) is 31.4 Å². The van der Waals surface area contributed by atoms with E-state index in [1.54, 1.807) is 42.5 Å². The van der Waals surface area contributed by atoms with Gasteiger partial charge in [-0.15, -0.1) is 0 Å². The number of halogens is 3. The van der Waals surface area contributed by atoms with E-state index < -0.39 is 28.5 Å². The third kappa shape index (κ3) is 9.09. The number of carbonyl (C=O) groups excluding carboxylic acids is 2. The minimum absolute atomic E-state index is 0.0193. The van der Waals surface area contributed by atoms with Gasteiger partial charge in [-0.25, -0.2) is 8.42 Å². The molecule has 0 fully saturated rings. The van der Waals surface area contributed by atoms with Gasteiger partial charge in [0.15, 0.2) is 0 Å². The summed E-state index contributed by atoms with van der Waals surface area (Å²) in [6.07, 6.45) is 2.00. The molecule has 0 heterocycles. The summed E-state index contributed by atoms with van der Waals surface area (Å²) < 4.78 is 27.7. The Kier molecular flexibility index (Phi) is 11.7. The molecule has 1 N–H and O–H groups in total. The lowest BCUT2D eigenvalue weighted by Gasteiger charge is -2.34. The molecule has 0 aromatic heterocycles. The SMILES string of the molecule is CCC(C)NC(=O)C(Cc1ccccc1)N(Cc1ccc(Cl)c(Cl)c1)C(=O)CN(c1ccc(I)cc1)S(C)(=O)=O. The van der Waals surface area contributed by atoms with E-state index in [2.05, 4.69) is 27.9 Å². The largest absolute Gasteiger partial charge is 0.352 e. The summed E-state index contributed by atoms with van der Waals surface area (Å²) in [6.45, 7) is 3.39. The zero-order chi connectivity index (χ0) is 29.4. The molecule has 3 aromatic carbocycles. The molecule has 0 aliphatic carbocycles. The lowest BCUT2D eigenvalue weighted by atomic mass is 10.0. The van der Waals surface area contributed by atoms with E-state index in [-0.39, 0.29) is 24.9 Å². The Labute approximate surface area is 260 Å². The van der Waals surface area contributed by atoms with E-state index in [0.717, 1.165) is 19.7 Å². The van der Waals surface area contributed by atoms with E-state index in [9.17, 15) is 18.0 Å². The molecule has 2 amide bonds. The van der Waals surface area contributed by atoms with E-state index in [1.165, 1.54) is 4.90 Å². The Morgan fingerprint density at radius 2 is 1.60 bits per heavy atom. The van der Waals surface area contributed by atoms with Crippen molar-refractivity contribution in [3.8, 4) is 0 Å². The lowest BCUT2D eigenvalue weighted by molar-refractivity contribution is -0.140. The summed E-state index contributed by atoms with van der Waals surface area (Å²) in [7, 11) is -3.83. The zero-order valence-electron chi connectivity index (χ0n) is 22.5. The highest BCUT2D eigenvalue weighted by Gasteiger charge is 2.33. The lowest BCUT2D eigenvalue weighted by Crippen LogP contribution is -2.54. The van der Waals surface area contributed by atoms with Gasteiger partial charge in [-0.1, -0.05) is 66.5 Å². The van der Waals surface area contributed by atoms with Gasteiger partial charge in [-0.05, 0) is 83.5 Å². The van der Waals surface area contributed by atoms with Crippen molar-refractivity contribution in [1.29, 1.82) is 0 Å². The molecular formula is C29H32Cl2IN3O4S. The van der Waals surface area contributed by atoms with Gasteiger partial charge in [0.05, 0.1) is 22.0 Å². The van der Waals surface area contributed by atoms with Gasteiger partial charge in [0, 0.05) is 22.6 Å². The molecule has 0 radical (unpaired) electrons. The average Bonchev–Trinajstić information content (AvgIpc) is 2.91. The fraction of sp³-hybridized carbons (Fsp3) is 0.310. The number of hydrogen-bond donors (Lipinski definition) is 1. The number of hydrogen-bond acceptors (Lipinski definition) is 4. The minimum Gasteiger partial charge on any atom is -0.352 e. The normalized spacial score (nSPS) is 12.8. The summed E-state index contributed by atoms with van der Waals surface area (Å²) in [5.74, 6) is -0.859. The average molecular weight is 716 g/mol. The Morgan fingerprint density at radius 1 is 0.950 bits per heavy atom. The second-order valence-electron chi connectivity index (χ2n) is 9.54. The third-order valence-corrected chi connectivity index (χ3v) is 9.00. The van der Waals surface area contributed by atoms with Crippen molar-refractivity contribution < 1.29 is 18.0 Å². The van der Waals surface area contributed by atoms with E-state index >= 15 is 0 Å². The van der Waals surface area contributed by atoms with Gasteiger partial charge < -0.3 is 10.2 Å². The van der Waals surface area contributed by atoms with Crippen molar-refractivity contribution in [2.24, 2.45) is 0 Å². The first-order valence-electron chi connectivity index (χ1n) is 12.7. The number of benzene rings is 3. The molecule has 0 saturated heterocycles. The van der Waals surface area contributed by atoms with Gasteiger partial charge in [-0.2, -0.15) is 0 Å². The number of amides is 2. The summed E-state index contributed by atoms with van der Waals surface area (Å²) in [6, 6.07) is 20.2. The highest BCUT2D eigenvalue weighted by molar-refractivity contribution is 14.1. The molecule has 0 saturated carbocycles. The summed E-state index contributed by atoms with van der Waals surface area (Å²) in [5.41, 5.74) is 1.86. The Hall–Kier alpha value is -2.34. The maximum Gasteiger partial charge on any atom is 0.244 e.